The Bertz CT molecular complexity index is 277. The van der Waals surface area contributed by atoms with Gasteiger partial charge >= 0.3 is 0 Å². The summed E-state index contributed by atoms with van der Waals surface area (Å²) in [5.74, 6) is 1.79. The lowest BCUT2D eigenvalue weighted by atomic mass is 9.80. The highest BCUT2D eigenvalue weighted by molar-refractivity contribution is 7.90. The Morgan fingerprint density at radius 2 is 1.67 bits per heavy atom. The van der Waals surface area contributed by atoms with E-state index in [0.717, 1.165) is 11.8 Å². The van der Waals surface area contributed by atoms with Crippen molar-refractivity contribution >= 4 is 9.84 Å². The van der Waals surface area contributed by atoms with Crippen LogP contribution in [0.3, 0.4) is 0 Å². The zero-order chi connectivity index (χ0) is 11.5. The van der Waals surface area contributed by atoms with Gasteiger partial charge in [-0.1, -0.05) is 13.8 Å². The molecule has 0 amide bonds. The van der Waals surface area contributed by atoms with Gasteiger partial charge in [0.1, 0.15) is 9.84 Å². The van der Waals surface area contributed by atoms with Crippen molar-refractivity contribution in [2.45, 2.75) is 39.2 Å². The fourth-order valence-corrected chi connectivity index (χ4v) is 3.05. The van der Waals surface area contributed by atoms with E-state index in [1.807, 2.05) is 0 Å². The van der Waals surface area contributed by atoms with Gasteiger partial charge in [-0.25, -0.2) is 8.42 Å². The van der Waals surface area contributed by atoms with Crippen molar-refractivity contribution in [2.24, 2.45) is 11.8 Å². The molecule has 1 rings (SSSR count). The minimum absolute atomic E-state index is 0.256. The van der Waals surface area contributed by atoms with Gasteiger partial charge in [0.15, 0.2) is 0 Å². The zero-order valence-corrected chi connectivity index (χ0v) is 10.8. The van der Waals surface area contributed by atoms with Crippen LogP contribution >= 0.6 is 0 Å². The molecule has 1 N–H and O–H groups in total. The summed E-state index contributed by atoms with van der Waals surface area (Å²) in [7, 11) is -2.81. The molecule has 0 bridgehead atoms. The highest BCUT2D eigenvalue weighted by atomic mass is 32.2. The molecule has 15 heavy (non-hydrogen) atoms. The number of rotatable bonds is 4. The Morgan fingerprint density at radius 1 is 1.13 bits per heavy atom. The summed E-state index contributed by atoms with van der Waals surface area (Å²) in [6.07, 6.45) is 4.98. The lowest BCUT2D eigenvalue weighted by Gasteiger charge is -2.32. The first-order chi connectivity index (χ1) is 6.87. The Morgan fingerprint density at radius 3 is 2.13 bits per heavy atom. The van der Waals surface area contributed by atoms with Crippen LogP contribution in [-0.4, -0.2) is 33.0 Å². The molecule has 4 heteroatoms. The second-order valence-electron chi connectivity index (χ2n) is 5.20. The van der Waals surface area contributed by atoms with Crippen molar-refractivity contribution in [3.63, 3.8) is 0 Å². The van der Waals surface area contributed by atoms with Gasteiger partial charge in [-0.05, 0) is 31.1 Å². The standard InChI is InChI=1S/C11H23NO2S/c1-9-6-10(2)8-11(7-9)12-4-5-15(3,13)14/h9-12H,4-8H2,1-3H3. The number of sulfone groups is 1. The molecule has 0 heterocycles. The number of hydrogen-bond acceptors (Lipinski definition) is 3. The van der Waals surface area contributed by atoms with Crippen molar-refractivity contribution in [1.29, 1.82) is 0 Å². The van der Waals surface area contributed by atoms with E-state index in [0.29, 0.717) is 12.6 Å². The number of nitrogens with one attached hydrogen (secondary N) is 1. The topological polar surface area (TPSA) is 46.2 Å². The molecule has 0 saturated heterocycles. The Labute approximate surface area is 93.6 Å². The van der Waals surface area contributed by atoms with Gasteiger partial charge in [-0.2, -0.15) is 0 Å². The molecular weight excluding hydrogens is 210 g/mol. The molecule has 0 aromatic carbocycles. The third kappa shape index (κ3) is 5.52. The van der Waals surface area contributed by atoms with Crippen LogP contribution in [0, 0.1) is 11.8 Å². The quantitative estimate of drug-likeness (QED) is 0.799. The minimum Gasteiger partial charge on any atom is -0.313 e. The van der Waals surface area contributed by atoms with E-state index in [4.69, 9.17) is 0 Å². The van der Waals surface area contributed by atoms with Crippen LogP contribution in [0.1, 0.15) is 33.1 Å². The molecular formula is C11H23NO2S. The second kappa shape index (κ2) is 5.30. The molecule has 2 unspecified atom stereocenters. The minimum atomic E-state index is -2.81. The van der Waals surface area contributed by atoms with Crippen LogP contribution in [-0.2, 0) is 9.84 Å². The number of hydrogen-bond donors (Lipinski definition) is 1. The highest BCUT2D eigenvalue weighted by Gasteiger charge is 2.23. The maximum atomic E-state index is 11.0. The molecule has 1 aliphatic carbocycles. The first kappa shape index (κ1) is 13.0. The summed E-state index contributed by atoms with van der Waals surface area (Å²) in [6, 6.07) is 0.519. The van der Waals surface area contributed by atoms with E-state index in [1.54, 1.807) is 0 Å². The summed E-state index contributed by atoms with van der Waals surface area (Å²) < 4.78 is 21.9. The van der Waals surface area contributed by atoms with Crippen LogP contribution < -0.4 is 5.32 Å². The molecule has 3 nitrogen and oxygen atoms in total. The Balaban J connectivity index is 2.26. The van der Waals surface area contributed by atoms with E-state index >= 15 is 0 Å². The van der Waals surface area contributed by atoms with Crippen molar-refractivity contribution in [3.8, 4) is 0 Å². The van der Waals surface area contributed by atoms with E-state index < -0.39 is 9.84 Å². The van der Waals surface area contributed by atoms with Gasteiger partial charge in [0.2, 0.25) is 0 Å². The van der Waals surface area contributed by atoms with E-state index in [2.05, 4.69) is 19.2 Å². The lowest BCUT2D eigenvalue weighted by Crippen LogP contribution is -2.38. The molecule has 1 saturated carbocycles. The third-order valence-corrected chi connectivity index (χ3v) is 4.03. The normalized spacial score (nSPS) is 32.9. The monoisotopic (exact) mass is 233 g/mol. The van der Waals surface area contributed by atoms with E-state index in [9.17, 15) is 8.42 Å². The Kier molecular flexibility index (Phi) is 4.59. The molecule has 0 spiro atoms. The fraction of sp³-hybridized carbons (Fsp3) is 1.00. The molecule has 0 aliphatic heterocycles. The Hall–Kier alpha value is -0.0900. The lowest BCUT2D eigenvalue weighted by molar-refractivity contribution is 0.242. The highest BCUT2D eigenvalue weighted by Crippen LogP contribution is 2.28. The van der Waals surface area contributed by atoms with Crippen LogP contribution in [0.25, 0.3) is 0 Å². The molecule has 90 valence electrons. The predicted molar refractivity (Wildman–Crippen MR) is 63.7 cm³/mol. The van der Waals surface area contributed by atoms with Crippen molar-refractivity contribution < 1.29 is 8.42 Å². The van der Waals surface area contributed by atoms with Gasteiger partial charge in [0.25, 0.3) is 0 Å². The van der Waals surface area contributed by atoms with E-state index in [1.165, 1.54) is 25.5 Å². The summed E-state index contributed by atoms with van der Waals surface area (Å²) in [5, 5.41) is 3.36. The smallest absolute Gasteiger partial charge is 0.148 e. The molecule has 0 aromatic rings. The van der Waals surface area contributed by atoms with Crippen LogP contribution in [0.2, 0.25) is 0 Å². The van der Waals surface area contributed by atoms with Gasteiger partial charge in [-0.3, -0.25) is 0 Å². The maximum absolute atomic E-state index is 11.0. The molecule has 0 aromatic heterocycles. The average molecular weight is 233 g/mol. The average Bonchev–Trinajstić information content (AvgIpc) is 1.99. The first-order valence-electron chi connectivity index (χ1n) is 5.78. The summed E-state index contributed by atoms with van der Waals surface area (Å²) in [5.41, 5.74) is 0. The van der Waals surface area contributed by atoms with Crippen LogP contribution in [0.4, 0.5) is 0 Å². The first-order valence-corrected chi connectivity index (χ1v) is 7.84. The maximum Gasteiger partial charge on any atom is 0.148 e. The van der Waals surface area contributed by atoms with Crippen molar-refractivity contribution in [3.05, 3.63) is 0 Å². The third-order valence-electron chi connectivity index (χ3n) is 3.08. The molecule has 1 fully saturated rings. The van der Waals surface area contributed by atoms with Crippen LogP contribution in [0.5, 0.6) is 0 Å². The predicted octanol–water partition coefficient (Wildman–Crippen LogP) is 1.45. The SMILES string of the molecule is CC1CC(C)CC(NCCS(C)(=O)=O)C1. The van der Waals surface area contributed by atoms with Crippen molar-refractivity contribution in [2.75, 3.05) is 18.6 Å². The fourth-order valence-electron chi connectivity index (χ4n) is 2.56. The molecule has 0 radical (unpaired) electrons. The zero-order valence-electron chi connectivity index (χ0n) is 9.99. The van der Waals surface area contributed by atoms with Gasteiger partial charge in [0, 0.05) is 18.8 Å². The molecule has 2 atom stereocenters. The summed E-state index contributed by atoms with van der Waals surface area (Å²) >= 11 is 0. The van der Waals surface area contributed by atoms with Gasteiger partial charge in [-0.15, -0.1) is 0 Å². The largest absolute Gasteiger partial charge is 0.313 e. The second-order valence-corrected chi connectivity index (χ2v) is 7.46. The molecule has 1 aliphatic rings. The summed E-state index contributed by atoms with van der Waals surface area (Å²) in [4.78, 5) is 0. The van der Waals surface area contributed by atoms with Gasteiger partial charge in [0.05, 0.1) is 5.75 Å². The van der Waals surface area contributed by atoms with E-state index in [-0.39, 0.29) is 5.75 Å². The van der Waals surface area contributed by atoms with Gasteiger partial charge < -0.3 is 5.32 Å². The summed E-state index contributed by atoms with van der Waals surface area (Å²) in [6.45, 7) is 5.16. The van der Waals surface area contributed by atoms with Crippen LogP contribution in [0.15, 0.2) is 0 Å². The van der Waals surface area contributed by atoms with Crippen molar-refractivity contribution in [1.82, 2.24) is 5.32 Å².